The number of fused-ring (bicyclic) bond motifs is 1. The van der Waals surface area contributed by atoms with Crippen molar-refractivity contribution in [3.8, 4) is 0 Å². The van der Waals surface area contributed by atoms with Gasteiger partial charge in [0.1, 0.15) is 17.0 Å². The molecular formula is C17H16ClN7O. The number of nitrogens with two attached hydrogens (primary N) is 1. The first-order chi connectivity index (χ1) is 12.6. The molecule has 26 heavy (non-hydrogen) atoms. The first kappa shape index (κ1) is 16.3. The Hall–Kier alpha value is -3.13. The third-order valence-corrected chi connectivity index (χ3v) is 4.09. The van der Waals surface area contributed by atoms with Gasteiger partial charge < -0.3 is 20.1 Å². The van der Waals surface area contributed by atoms with Crippen molar-refractivity contribution in [2.75, 3.05) is 11.1 Å². The summed E-state index contributed by atoms with van der Waals surface area (Å²) < 4.78 is 7.09. The minimum absolute atomic E-state index is 0.204. The lowest BCUT2D eigenvalue weighted by Gasteiger charge is -2.10. The van der Waals surface area contributed by atoms with Gasteiger partial charge in [-0.3, -0.25) is 4.98 Å². The van der Waals surface area contributed by atoms with Gasteiger partial charge in [0.05, 0.1) is 24.3 Å². The van der Waals surface area contributed by atoms with Crippen LogP contribution in [0, 0.1) is 6.92 Å². The molecule has 0 aromatic carbocycles. The number of aromatic nitrogens is 5. The highest BCUT2D eigenvalue weighted by Crippen LogP contribution is 2.24. The highest BCUT2D eigenvalue weighted by atomic mass is 35.5. The smallest absolute Gasteiger partial charge is 0.222 e. The van der Waals surface area contributed by atoms with Crippen molar-refractivity contribution in [3.05, 3.63) is 58.8 Å². The van der Waals surface area contributed by atoms with Crippen molar-refractivity contribution in [2.45, 2.75) is 20.0 Å². The molecule has 0 radical (unpaired) electrons. The molecule has 0 unspecified atom stereocenters. The van der Waals surface area contributed by atoms with Crippen LogP contribution in [0.15, 0.2) is 41.2 Å². The monoisotopic (exact) mass is 369 g/mol. The van der Waals surface area contributed by atoms with E-state index < -0.39 is 0 Å². The first-order valence-corrected chi connectivity index (χ1v) is 8.35. The Balaban J connectivity index is 1.68. The fraction of sp³-hybridized carbons (Fsp3) is 0.176. The molecule has 8 nitrogen and oxygen atoms in total. The number of rotatable bonds is 5. The van der Waals surface area contributed by atoms with Crippen LogP contribution in [0.2, 0.25) is 5.02 Å². The summed E-state index contributed by atoms with van der Waals surface area (Å²) in [6, 6.07) is 7.33. The van der Waals surface area contributed by atoms with Crippen LogP contribution in [0.4, 0.5) is 11.8 Å². The van der Waals surface area contributed by atoms with Gasteiger partial charge in [0.15, 0.2) is 5.82 Å². The lowest BCUT2D eigenvalue weighted by Crippen LogP contribution is -2.08. The first-order valence-electron chi connectivity index (χ1n) is 7.97. The molecule has 0 saturated heterocycles. The fourth-order valence-electron chi connectivity index (χ4n) is 2.76. The van der Waals surface area contributed by atoms with Crippen LogP contribution < -0.4 is 11.1 Å². The molecule has 9 heteroatoms. The summed E-state index contributed by atoms with van der Waals surface area (Å²) in [6.45, 7) is 2.85. The van der Waals surface area contributed by atoms with Crippen molar-refractivity contribution in [2.24, 2.45) is 0 Å². The van der Waals surface area contributed by atoms with Crippen LogP contribution in [-0.4, -0.2) is 24.7 Å². The van der Waals surface area contributed by atoms with E-state index >= 15 is 0 Å². The molecule has 132 valence electrons. The van der Waals surface area contributed by atoms with Crippen LogP contribution in [0.1, 0.15) is 17.1 Å². The van der Waals surface area contributed by atoms with E-state index in [-0.39, 0.29) is 5.95 Å². The van der Waals surface area contributed by atoms with Gasteiger partial charge in [-0.25, -0.2) is 4.98 Å². The lowest BCUT2D eigenvalue weighted by molar-refractivity contribution is 0.391. The Bertz CT molecular complexity index is 1070. The molecule has 0 amide bonds. The number of pyridine rings is 1. The topological polar surface area (TPSA) is 108 Å². The standard InChI is InChI=1S/C17H16ClN7O/c1-10-6-12(24-26-10)8-21-16-15-14(22-17(19)23-16)3-5-25(15)9-13-7-11(18)2-4-20-13/h2-7H,8-9H2,1H3,(H3,19,21,22,23). The van der Waals surface area contributed by atoms with E-state index in [4.69, 9.17) is 21.9 Å². The Morgan fingerprint density at radius 2 is 2.12 bits per heavy atom. The quantitative estimate of drug-likeness (QED) is 0.556. The van der Waals surface area contributed by atoms with E-state index in [1.165, 1.54) is 0 Å². The molecule has 0 aliphatic heterocycles. The number of nitrogens with zero attached hydrogens (tertiary/aromatic N) is 5. The maximum Gasteiger partial charge on any atom is 0.222 e. The van der Waals surface area contributed by atoms with Gasteiger partial charge in [-0.15, -0.1) is 0 Å². The normalized spacial score (nSPS) is 11.2. The second-order valence-electron chi connectivity index (χ2n) is 5.86. The molecule has 0 bridgehead atoms. The predicted molar refractivity (Wildman–Crippen MR) is 98.9 cm³/mol. The van der Waals surface area contributed by atoms with Gasteiger partial charge in [0.25, 0.3) is 0 Å². The van der Waals surface area contributed by atoms with E-state index in [0.29, 0.717) is 23.9 Å². The maximum atomic E-state index is 6.06. The van der Waals surface area contributed by atoms with E-state index in [9.17, 15) is 0 Å². The Morgan fingerprint density at radius 1 is 1.23 bits per heavy atom. The molecule has 3 N–H and O–H groups in total. The predicted octanol–water partition coefficient (Wildman–Crippen LogP) is 3.02. The number of aryl methyl sites for hydroxylation is 1. The minimum Gasteiger partial charge on any atom is -0.368 e. The average Bonchev–Trinajstić information content (AvgIpc) is 3.19. The number of anilines is 2. The number of halogens is 1. The summed E-state index contributed by atoms with van der Waals surface area (Å²) >= 11 is 6.06. The fourth-order valence-corrected chi connectivity index (χ4v) is 2.95. The van der Waals surface area contributed by atoms with E-state index in [1.807, 2.05) is 35.9 Å². The van der Waals surface area contributed by atoms with E-state index in [0.717, 1.165) is 28.2 Å². The van der Waals surface area contributed by atoms with E-state index in [2.05, 4.69) is 25.4 Å². The number of hydrogen-bond donors (Lipinski definition) is 2. The van der Waals surface area contributed by atoms with Crippen molar-refractivity contribution < 1.29 is 4.52 Å². The Kier molecular flexibility index (Phi) is 4.18. The largest absolute Gasteiger partial charge is 0.368 e. The van der Waals surface area contributed by atoms with Gasteiger partial charge in [0, 0.05) is 23.5 Å². The summed E-state index contributed by atoms with van der Waals surface area (Å²) in [5, 5.41) is 7.88. The van der Waals surface area contributed by atoms with Crippen molar-refractivity contribution >= 4 is 34.4 Å². The molecule has 4 aromatic heterocycles. The number of hydrogen-bond acceptors (Lipinski definition) is 7. The SMILES string of the molecule is Cc1cc(CNc2nc(N)nc3ccn(Cc4cc(Cl)ccn4)c23)no1. The molecule has 4 heterocycles. The van der Waals surface area contributed by atoms with Gasteiger partial charge >= 0.3 is 0 Å². The lowest BCUT2D eigenvalue weighted by atomic mass is 10.3. The molecule has 0 atom stereocenters. The highest BCUT2D eigenvalue weighted by molar-refractivity contribution is 6.30. The molecule has 0 spiro atoms. The summed E-state index contributed by atoms with van der Waals surface area (Å²) in [4.78, 5) is 13.0. The van der Waals surface area contributed by atoms with Gasteiger partial charge in [0.2, 0.25) is 5.95 Å². The van der Waals surface area contributed by atoms with Gasteiger partial charge in [-0.05, 0) is 25.1 Å². The molecule has 4 rings (SSSR count). The zero-order valence-corrected chi connectivity index (χ0v) is 14.7. The summed E-state index contributed by atoms with van der Waals surface area (Å²) in [6.07, 6.45) is 3.61. The zero-order chi connectivity index (χ0) is 18.1. The van der Waals surface area contributed by atoms with E-state index in [1.54, 1.807) is 12.3 Å². The molecule has 4 aromatic rings. The molecule has 0 fully saturated rings. The van der Waals surface area contributed by atoms with Crippen LogP contribution in [0.5, 0.6) is 0 Å². The van der Waals surface area contributed by atoms with Crippen molar-refractivity contribution in [1.82, 2.24) is 24.7 Å². The van der Waals surface area contributed by atoms with Crippen molar-refractivity contribution in [1.29, 1.82) is 0 Å². The maximum absolute atomic E-state index is 6.06. The summed E-state index contributed by atoms with van der Waals surface area (Å²) in [5.41, 5.74) is 9.04. The van der Waals surface area contributed by atoms with Crippen molar-refractivity contribution in [3.63, 3.8) is 0 Å². The zero-order valence-electron chi connectivity index (χ0n) is 14.0. The Labute approximate surface area is 154 Å². The third-order valence-electron chi connectivity index (χ3n) is 3.85. The van der Waals surface area contributed by atoms with Crippen LogP contribution in [-0.2, 0) is 13.1 Å². The third kappa shape index (κ3) is 3.31. The summed E-state index contributed by atoms with van der Waals surface area (Å²) in [7, 11) is 0. The van der Waals surface area contributed by atoms with Crippen LogP contribution >= 0.6 is 11.6 Å². The molecular weight excluding hydrogens is 354 g/mol. The van der Waals surface area contributed by atoms with Gasteiger partial charge in [-0.2, -0.15) is 4.98 Å². The molecule has 0 saturated carbocycles. The average molecular weight is 370 g/mol. The highest BCUT2D eigenvalue weighted by Gasteiger charge is 2.13. The second-order valence-corrected chi connectivity index (χ2v) is 6.29. The Morgan fingerprint density at radius 3 is 2.88 bits per heavy atom. The minimum atomic E-state index is 0.204. The van der Waals surface area contributed by atoms with Crippen LogP contribution in [0.3, 0.4) is 0 Å². The molecule has 0 aliphatic carbocycles. The van der Waals surface area contributed by atoms with Crippen LogP contribution in [0.25, 0.3) is 11.0 Å². The van der Waals surface area contributed by atoms with Gasteiger partial charge in [-0.1, -0.05) is 16.8 Å². The second kappa shape index (κ2) is 6.64. The number of nitrogens with one attached hydrogen (secondary N) is 1. The summed E-state index contributed by atoms with van der Waals surface area (Å²) in [5.74, 6) is 1.58. The molecule has 0 aliphatic rings. The number of nitrogen functional groups attached to an aromatic ring is 1.